The van der Waals surface area contributed by atoms with Crippen LogP contribution in [0.15, 0.2) is 53.7 Å². The van der Waals surface area contributed by atoms with Gasteiger partial charge in [0, 0.05) is 23.0 Å². The van der Waals surface area contributed by atoms with Crippen LogP contribution in [0.1, 0.15) is 15.9 Å². The van der Waals surface area contributed by atoms with Crippen molar-refractivity contribution >= 4 is 46.5 Å². The molecule has 0 N–H and O–H groups in total. The molecule has 3 amide bonds. The van der Waals surface area contributed by atoms with E-state index in [4.69, 9.17) is 11.6 Å². The Morgan fingerprint density at radius 1 is 1.09 bits per heavy atom. The van der Waals surface area contributed by atoms with Gasteiger partial charge in [0.05, 0.1) is 4.91 Å². The number of rotatable bonds is 2. The van der Waals surface area contributed by atoms with Crippen LogP contribution in [0.2, 0.25) is 5.02 Å². The van der Waals surface area contributed by atoms with E-state index in [9.17, 15) is 14.4 Å². The Kier molecular flexibility index (Phi) is 4.27. The Labute approximate surface area is 141 Å². The maximum Gasteiger partial charge on any atom is 0.300 e. The van der Waals surface area contributed by atoms with E-state index < -0.39 is 17.1 Å². The number of nitrogens with zero attached hydrogens (tertiary/aromatic N) is 2. The summed E-state index contributed by atoms with van der Waals surface area (Å²) in [6, 6.07) is 9.71. The minimum absolute atomic E-state index is 0.194. The maximum atomic E-state index is 12.4. The SMILES string of the molecule is O=C1SC(=Cc2ccc(Cl)cc2)C(=O)N1C(=O)c1ccncc1. The van der Waals surface area contributed by atoms with Gasteiger partial charge in [-0.2, -0.15) is 0 Å². The fourth-order valence-corrected chi connectivity index (χ4v) is 2.92. The highest BCUT2D eigenvalue weighted by Gasteiger charge is 2.40. The summed E-state index contributed by atoms with van der Waals surface area (Å²) in [6.07, 6.45) is 4.41. The number of aromatic nitrogens is 1. The van der Waals surface area contributed by atoms with Crippen molar-refractivity contribution in [3.8, 4) is 0 Å². The summed E-state index contributed by atoms with van der Waals surface area (Å²) in [6.45, 7) is 0. The molecule has 3 rings (SSSR count). The van der Waals surface area contributed by atoms with Crippen molar-refractivity contribution in [3.63, 3.8) is 0 Å². The molecule has 0 spiro atoms. The van der Waals surface area contributed by atoms with Crippen LogP contribution in [-0.4, -0.2) is 26.9 Å². The summed E-state index contributed by atoms with van der Waals surface area (Å²) in [5, 5.41) is -0.0415. The molecular weight excluding hydrogens is 336 g/mol. The fourth-order valence-electron chi connectivity index (χ4n) is 1.98. The van der Waals surface area contributed by atoms with Crippen LogP contribution in [-0.2, 0) is 4.79 Å². The topological polar surface area (TPSA) is 67.3 Å². The first-order chi connectivity index (χ1) is 11.1. The molecule has 114 valence electrons. The number of carbonyl (C=O) groups excluding carboxylic acids is 3. The van der Waals surface area contributed by atoms with Gasteiger partial charge in [-0.1, -0.05) is 23.7 Å². The number of amides is 3. The molecule has 1 aromatic carbocycles. The molecule has 5 nitrogen and oxygen atoms in total. The lowest BCUT2D eigenvalue weighted by molar-refractivity contribution is -0.120. The van der Waals surface area contributed by atoms with Crippen molar-refractivity contribution in [1.82, 2.24) is 9.88 Å². The number of benzene rings is 1. The second kappa shape index (κ2) is 6.36. The van der Waals surface area contributed by atoms with Gasteiger partial charge in [-0.05, 0) is 47.7 Å². The van der Waals surface area contributed by atoms with Gasteiger partial charge in [0.25, 0.3) is 11.8 Å². The van der Waals surface area contributed by atoms with Crippen LogP contribution in [0.4, 0.5) is 4.79 Å². The Hall–Kier alpha value is -2.44. The molecule has 0 aliphatic carbocycles. The van der Waals surface area contributed by atoms with E-state index in [1.54, 1.807) is 30.3 Å². The molecule has 2 heterocycles. The zero-order valence-corrected chi connectivity index (χ0v) is 13.2. The Balaban J connectivity index is 1.88. The van der Waals surface area contributed by atoms with Crippen molar-refractivity contribution in [1.29, 1.82) is 0 Å². The molecule has 7 heteroatoms. The monoisotopic (exact) mass is 344 g/mol. The molecule has 1 aliphatic rings. The highest BCUT2D eigenvalue weighted by molar-refractivity contribution is 8.18. The van der Waals surface area contributed by atoms with E-state index in [0.29, 0.717) is 9.92 Å². The predicted octanol–water partition coefficient (Wildman–Crippen LogP) is 3.61. The fraction of sp³-hybridized carbons (Fsp3) is 0. The van der Waals surface area contributed by atoms with Crippen LogP contribution in [0.25, 0.3) is 6.08 Å². The molecule has 1 aliphatic heterocycles. The summed E-state index contributed by atoms with van der Waals surface area (Å²) in [5.74, 6) is -1.29. The minimum Gasteiger partial charge on any atom is -0.268 e. The third-order valence-electron chi connectivity index (χ3n) is 3.09. The predicted molar refractivity (Wildman–Crippen MR) is 87.8 cm³/mol. The molecule has 2 aromatic rings. The van der Waals surface area contributed by atoms with Gasteiger partial charge in [-0.25, -0.2) is 4.90 Å². The lowest BCUT2D eigenvalue weighted by atomic mass is 10.2. The number of halogens is 1. The van der Waals surface area contributed by atoms with Gasteiger partial charge in [0.1, 0.15) is 0 Å². The van der Waals surface area contributed by atoms with Crippen LogP contribution < -0.4 is 0 Å². The number of carbonyl (C=O) groups is 3. The van der Waals surface area contributed by atoms with Gasteiger partial charge in [-0.15, -0.1) is 0 Å². The lowest BCUT2D eigenvalue weighted by Gasteiger charge is -2.09. The highest BCUT2D eigenvalue weighted by Crippen LogP contribution is 2.33. The van der Waals surface area contributed by atoms with Gasteiger partial charge >= 0.3 is 5.24 Å². The quantitative estimate of drug-likeness (QED) is 0.615. The first-order valence-corrected chi connectivity index (χ1v) is 7.73. The molecule has 23 heavy (non-hydrogen) atoms. The van der Waals surface area contributed by atoms with Gasteiger partial charge < -0.3 is 0 Å². The molecular formula is C16H9ClN2O3S. The van der Waals surface area contributed by atoms with Crippen LogP contribution in [0.5, 0.6) is 0 Å². The Morgan fingerprint density at radius 2 is 1.74 bits per heavy atom. The average molecular weight is 345 g/mol. The van der Waals surface area contributed by atoms with E-state index in [1.807, 2.05) is 0 Å². The van der Waals surface area contributed by atoms with Crippen LogP contribution in [0, 0.1) is 0 Å². The number of thioether (sulfide) groups is 1. The normalized spacial score (nSPS) is 16.2. The highest BCUT2D eigenvalue weighted by atomic mass is 35.5. The molecule has 0 bridgehead atoms. The molecule has 1 aromatic heterocycles. The summed E-state index contributed by atoms with van der Waals surface area (Å²) in [7, 11) is 0. The lowest BCUT2D eigenvalue weighted by Crippen LogP contribution is -2.34. The molecule has 1 saturated heterocycles. The molecule has 0 radical (unpaired) electrons. The zero-order chi connectivity index (χ0) is 16.4. The first-order valence-electron chi connectivity index (χ1n) is 6.54. The van der Waals surface area contributed by atoms with Gasteiger partial charge in [0.2, 0.25) is 0 Å². The molecule has 0 saturated carbocycles. The largest absolute Gasteiger partial charge is 0.300 e. The molecule has 0 unspecified atom stereocenters. The molecule has 0 atom stereocenters. The van der Waals surface area contributed by atoms with Gasteiger partial charge in [-0.3, -0.25) is 19.4 Å². The number of hydrogen-bond acceptors (Lipinski definition) is 5. The summed E-state index contributed by atoms with van der Waals surface area (Å²) < 4.78 is 0. The number of pyridine rings is 1. The summed E-state index contributed by atoms with van der Waals surface area (Å²) >= 11 is 6.54. The van der Waals surface area contributed by atoms with Crippen LogP contribution >= 0.6 is 23.4 Å². The number of hydrogen-bond donors (Lipinski definition) is 0. The minimum atomic E-state index is -0.658. The van der Waals surface area contributed by atoms with Crippen molar-refractivity contribution in [3.05, 3.63) is 69.8 Å². The first kappa shape index (κ1) is 15.5. The zero-order valence-electron chi connectivity index (χ0n) is 11.6. The third kappa shape index (κ3) is 3.18. The van der Waals surface area contributed by atoms with E-state index in [-0.39, 0.29) is 10.5 Å². The van der Waals surface area contributed by atoms with Crippen molar-refractivity contribution in [2.24, 2.45) is 0 Å². The maximum absolute atomic E-state index is 12.4. The Morgan fingerprint density at radius 3 is 2.39 bits per heavy atom. The van der Waals surface area contributed by atoms with E-state index in [2.05, 4.69) is 4.98 Å². The van der Waals surface area contributed by atoms with Crippen molar-refractivity contribution in [2.45, 2.75) is 0 Å². The average Bonchev–Trinajstić information content (AvgIpc) is 2.84. The Bertz CT molecular complexity index is 819. The van der Waals surface area contributed by atoms with E-state index in [0.717, 1.165) is 17.3 Å². The van der Waals surface area contributed by atoms with Gasteiger partial charge in [0.15, 0.2) is 0 Å². The van der Waals surface area contributed by atoms with Crippen LogP contribution in [0.3, 0.4) is 0 Å². The second-order valence-corrected chi connectivity index (χ2v) is 6.04. The molecule has 1 fully saturated rings. The number of imide groups is 3. The summed E-state index contributed by atoms with van der Waals surface area (Å²) in [5.41, 5.74) is 0.950. The van der Waals surface area contributed by atoms with Crippen molar-refractivity contribution < 1.29 is 14.4 Å². The summed E-state index contributed by atoms with van der Waals surface area (Å²) in [4.78, 5) is 41.3. The standard InChI is InChI=1S/C16H9ClN2O3S/c17-12-3-1-10(2-4-12)9-13-15(21)19(16(22)23-13)14(20)11-5-7-18-8-6-11/h1-9H. The van der Waals surface area contributed by atoms with Crippen molar-refractivity contribution in [2.75, 3.05) is 0 Å². The second-order valence-electron chi connectivity index (χ2n) is 4.61. The third-order valence-corrected chi connectivity index (χ3v) is 4.21. The van der Waals surface area contributed by atoms with E-state index >= 15 is 0 Å². The van der Waals surface area contributed by atoms with E-state index in [1.165, 1.54) is 24.5 Å². The smallest absolute Gasteiger partial charge is 0.268 e.